The summed E-state index contributed by atoms with van der Waals surface area (Å²) in [4.78, 5) is 124. The molecule has 1 saturated heterocycles. The molecule has 0 aromatic carbocycles. The maximum atomic E-state index is 14.2. The fraction of sp³-hybridized carbons (Fsp3) is 0.800. The molecule has 0 bridgehead atoms. The van der Waals surface area contributed by atoms with E-state index in [2.05, 4.69) is 61.7 Å². The Morgan fingerprint density at radius 1 is 0.500 bits per heavy atom. The highest BCUT2D eigenvalue weighted by atomic mass is 16.3. The lowest BCUT2D eigenvalue weighted by molar-refractivity contribution is -0.137. The second-order valence-electron chi connectivity index (χ2n) is 18.6. The first kappa shape index (κ1) is 61.0. The Balaban J connectivity index is 3.85. The van der Waals surface area contributed by atoms with Crippen molar-refractivity contribution >= 4 is 53.2 Å². The third-order valence-corrected chi connectivity index (χ3v) is 11.5. The Hall–Kier alpha value is -4.97. The minimum absolute atomic E-state index is 0.0669. The van der Waals surface area contributed by atoms with E-state index in [9.17, 15) is 48.3 Å². The number of carbonyl (C=O) groups excluding carboxylic acids is 9. The van der Waals surface area contributed by atoms with E-state index in [-0.39, 0.29) is 102 Å². The van der Waals surface area contributed by atoms with Crippen molar-refractivity contribution in [2.24, 2.45) is 40.7 Å². The van der Waals surface area contributed by atoms with E-state index in [1.165, 1.54) is 6.92 Å². The smallest absolute Gasteiger partial charge is 0.245 e. The van der Waals surface area contributed by atoms with Crippen LogP contribution in [0.25, 0.3) is 0 Å². The van der Waals surface area contributed by atoms with E-state index in [4.69, 9.17) is 22.9 Å². The van der Waals surface area contributed by atoms with Crippen LogP contribution < -0.4 is 70.8 Å². The van der Waals surface area contributed by atoms with Crippen LogP contribution in [0.15, 0.2) is 0 Å². The molecule has 0 spiro atoms. The number of carbonyl (C=O) groups is 9. The van der Waals surface area contributed by atoms with Crippen LogP contribution in [0.5, 0.6) is 0 Å². The van der Waals surface area contributed by atoms with Gasteiger partial charge in [0.2, 0.25) is 53.2 Å². The Morgan fingerprint density at radius 2 is 0.824 bits per heavy atom. The predicted molar refractivity (Wildman–Crippen MR) is 256 cm³/mol. The Kier molecular flexibility index (Phi) is 29.4. The average Bonchev–Trinajstić information content (AvgIpc) is 3.26. The molecule has 23 nitrogen and oxygen atoms in total. The molecular formula is C45H85N13O10. The number of nitrogens with one attached hydrogen (secondary N) is 9. The van der Waals surface area contributed by atoms with Gasteiger partial charge >= 0.3 is 0 Å². The molecule has 0 aliphatic carbocycles. The average molecular weight is 968 g/mol. The molecule has 23 heteroatoms. The lowest BCUT2D eigenvalue weighted by Gasteiger charge is -2.30. The van der Waals surface area contributed by atoms with Gasteiger partial charge in [0.15, 0.2) is 0 Å². The summed E-state index contributed by atoms with van der Waals surface area (Å²) in [5.74, 6) is -6.86. The highest BCUT2D eigenvalue weighted by Gasteiger charge is 2.37. The first-order chi connectivity index (χ1) is 32.1. The van der Waals surface area contributed by atoms with Crippen molar-refractivity contribution in [2.75, 3.05) is 32.7 Å². The van der Waals surface area contributed by atoms with Gasteiger partial charge in [-0.25, -0.2) is 0 Å². The van der Waals surface area contributed by atoms with Crippen LogP contribution in [0.4, 0.5) is 0 Å². The van der Waals surface area contributed by atoms with Gasteiger partial charge in [0.1, 0.15) is 48.3 Å². The van der Waals surface area contributed by atoms with Crippen molar-refractivity contribution in [3.63, 3.8) is 0 Å². The summed E-state index contributed by atoms with van der Waals surface area (Å²) in [6.45, 7) is 12.2. The molecule has 0 aromatic rings. The van der Waals surface area contributed by atoms with Gasteiger partial charge in [-0.3, -0.25) is 43.2 Å². The number of unbranched alkanes of at least 4 members (excludes halogenated alkanes) is 1. The van der Waals surface area contributed by atoms with E-state index < -0.39 is 102 Å². The van der Waals surface area contributed by atoms with Gasteiger partial charge < -0.3 is 75.9 Å². The zero-order chi connectivity index (χ0) is 51.5. The zero-order valence-corrected chi connectivity index (χ0v) is 41.4. The molecule has 1 aliphatic rings. The second kappa shape index (κ2) is 32.7. The molecule has 0 saturated carbocycles. The quantitative estimate of drug-likeness (QED) is 0.0477. The third-order valence-electron chi connectivity index (χ3n) is 11.5. The summed E-state index contributed by atoms with van der Waals surface area (Å²) in [5.41, 5.74) is 23.3. The summed E-state index contributed by atoms with van der Waals surface area (Å²) < 4.78 is 0. The number of rotatable bonds is 22. The molecular weight excluding hydrogens is 883 g/mol. The second-order valence-corrected chi connectivity index (χ2v) is 18.6. The van der Waals surface area contributed by atoms with Crippen LogP contribution in [0.3, 0.4) is 0 Å². The summed E-state index contributed by atoms with van der Waals surface area (Å²) >= 11 is 0. The van der Waals surface area contributed by atoms with Gasteiger partial charge in [0.05, 0.1) is 6.10 Å². The molecule has 10 atom stereocenters. The van der Waals surface area contributed by atoms with Gasteiger partial charge in [-0.2, -0.15) is 0 Å². The first-order valence-electron chi connectivity index (χ1n) is 24.3. The first-order valence-corrected chi connectivity index (χ1v) is 24.3. The number of amides is 9. The molecule has 9 amide bonds. The molecule has 0 aromatic heterocycles. The lowest BCUT2D eigenvalue weighted by atomic mass is 10.00. The molecule has 18 N–H and O–H groups in total. The molecule has 1 rings (SSSR count). The molecule has 1 unspecified atom stereocenters. The molecule has 1 aliphatic heterocycles. The highest BCUT2D eigenvalue weighted by molar-refractivity contribution is 5.99. The Labute approximate surface area is 401 Å². The summed E-state index contributed by atoms with van der Waals surface area (Å²) in [5, 5.41) is 34.3. The van der Waals surface area contributed by atoms with E-state index in [0.29, 0.717) is 12.3 Å². The maximum Gasteiger partial charge on any atom is 0.245 e. The van der Waals surface area contributed by atoms with Crippen molar-refractivity contribution in [1.29, 1.82) is 0 Å². The standard InChI is InChI=1S/C45H85N13O10/c1-8-27(6)11-9-10-12-36(60)50-22-17-33-42(65)58-37(28(7)59)45(68)55-32(16-21-49)39(62)51-29(13-18-46)38(61)52-30(14-19-47)40(63)56-34(23-25(2)3)43(66)53-31(15-20-48)41(64)57-35(24-26(4)5)44(67)54-33/h25-35,37,59H,8-24,46-49H2,1-7H3,(H,50,60)(H,51,62)(H,52,61)(H,53,66)(H,54,67)(H,55,68)(H,56,63)(H,57,64)(H,58,65)/t27?,28-,29+,30+,31+,32+,33+,34+,35+,37+/m1/s1. The fourth-order valence-corrected chi connectivity index (χ4v) is 7.40. The van der Waals surface area contributed by atoms with Gasteiger partial charge in [0, 0.05) is 13.0 Å². The largest absolute Gasteiger partial charge is 0.391 e. The van der Waals surface area contributed by atoms with E-state index in [1.54, 1.807) is 13.8 Å². The molecule has 0 radical (unpaired) electrons. The Morgan fingerprint density at radius 3 is 1.16 bits per heavy atom. The van der Waals surface area contributed by atoms with Crippen LogP contribution in [0.1, 0.15) is 126 Å². The minimum atomic E-state index is -1.70. The number of nitrogens with two attached hydrogens (primary N) is 4. The topological polar surface area (TPSA) is 386 Å². The number of aliphatic hydroxyl groups is 1. The van der Waals surface area contributed by atoms with Gasteiger partial charge in [-0.1, -0.05) is 60.8 Å². The normalized spacial score (nSPS) is 25.4. The molecule has 1 heterocycles. The van der Waals surface area contributed by atoms with Crippen LogP contribution in [0.2, 0.25) is 0 Å². The van der Waals surface area contributed by atoms with Gasteiger partial charge in [-0.05, 0) is 102 Å². The summed E-state index contributed by atoms with van der Waals surface area (Å²) in [7, 11) is 0. The number of hydrogen-bond acceptors (Lipinski definition) is 14. The SMILES string of the molecule is CCC(C)CCCCC(=O)NCC[C@@H]1NC(=O)[C@H](CC(C)C)NC(=O)[C@H](CCN)NC(=O)[C@H](CC(C)C)NC(=O)[C@H](CCN)NC(=O)[C@H](CCN)NC(=O)[C@H](CCN)NC(=O)[C@H]([C@@H](C)O)NC1=O. The van der Waals surface area contributed by atoms with Crippen molar-refractivity contribution in [3.8, 4) is 0 Å². The van der Waals surface area contributed by atoms with Crippen molar-refractivity contribution in [1.82, 2.24) is 47.9 Å². The van der Waals surface area contributed by atoms with E-state index in [1.807, 2.05) is 13.8 Å². The van der Waals surface area contributed by atoms with Crippen molar-refractivity contribution < 1.29 is 48.3 Å². The lowest BCUT2D eigenvalue weighted by Crippen LogP contribution is -2.63. The molecule has 68 heavy (non-hydrogen) atoms. The van der Waals surface area contributed by atoms with Crippen LogP contribution in [-0.4, -0.2) is 145 Å². The monoisotopic (exact) mass is 968 g/mol. The number of hydrogen-bond donors (Lipinski definition) is 14. The number of aliphatic hydroxyl groups excluding tert-OH is 1. The van der Waals surface area contributed by atoms with Crippen molar-refractivity contribution in [2.45, 2.75) is 180 Å². The molecule has 390 valence electrons. The fourth-order valence-electron chi connectivity index (χ4n) is 7.40. The molecule has 1 fully saturated rings. The van der Waals surface area contributed by atoms with E-state index >= 15 is 0 Å². The summed E-state index contributed by atoms with van der Waals surface area (Å²) in [6.07, 6.45) is 1.74. The van der Waals surface area contributed by atoms with Crippen LogP contribution in [0, 0.1) is 17.8 Å². The maximum absolute atomic E-state index is 14.2. The van der Waals surface area contributed by atoms with Crippen LogP contribution >= 0.6 is 0 Å². The van der Waals surface area contributed by atoms with Gasteiger partial charge in [-0.15, -0.1) is 0 Å². The van der Waals surface area contributed by atoms with Crippen molar-refractivity contribution in [3.05, 3.63) is 0 Å². The van der Waals surface area contributed by atoms with Crippen LogP contribution in [-0.2, 0) is 43.2 Å². The minimum Gasteiger partial charge on any atom is -0.391 e. The zero-order valence-electron chi connectivity index (χ0n) is 41.4. The van der Waals surface area contributed by atoms with Gasteiger partial charge in [0.25, 0.3) is 0 Å². The Bertz CT molecular complexity index is 1630. The summed E-state index contributed by atoms with van der Waals surface area (Å²) in [6, 6.07) is -11.0. The predicted octanol–water partition coefficient (Wildman–Crippen LogP) is -3.14. The third kappa shape index (κ3) is 22.9. The van der Waals surface area contributed by atoms with E-state index in [0.717, 1.165) is 19.3 Å². The highest BCUT2D eigenvalue weighted by Crippen LogP contribution is 2.13.